The first kappa shape index (κ1) is 16.6. The van der Waals surface area contributed by atoms with Gasteiger partial charge in [-0.15, -0.1) is 0 Å². The summed E-state index contributed by atoms with van der Waals surface area (Å²) < 4.78 is 30.4. The standard InChI is InChI=1S/C10H13NO2.CH4O3S/c1-13-10(12)9(11)7-8-5-3-2-4-6-8;1-5(2,3)4/h2-6,9H,7,11H2,1H3;1H3,(H,2,3,4)/t9-;/m0./s1. The van der Waals surface area contributed by atoms with Gasteiger partial charge in [-0.2, -0.15) is 8.42 Å². The molecule has 18 heavy (non-hydrogen) atoms. The molecule has 7 heteroatoms. The van der Waals surface area contributed by atoms with Crippen LogP contribution in [0.25, 0.3) is 0 Å². The molecule has 0 radical (unpaired) electrons. The van der Waals surface area contributed by atoms with Gasteiger partial charge < -0.3 is 10.5 Å². The Morgan fingerprint density at radius 1 is 1.39 bits per heavy atom. The molecule has 102 valence electrons. The van der Waals surface area contributed by atoms with Crippen molar-refractivity contribution in [2.45, 2.75) is 12.5 Å². The first-order chi connectivity index (χ1) is 8.24. The van der Waals surface area contributed by atoms with E-state index >= 15 is 0 Å². The Morgan fingerprint density at radius 3 is 2.22 bits per heavy atom. The highest BCUT2D eigenvalue weighted by Gasteiger charge is 2.13. The molecule has 6 nitrogen and oxygen atoms in total. The van der Waals surface area contributed by atoms with Crippen molar-refractivity contribution < 1.29 is 22.5 Å². The molecule has 0 spiro atoms. The average Bonchev–Trinajstić information content (AvgIpc) is 2.27. The number of carbonyl (C=O) groups excluding carboxylic acids is 1. The van der Waals surface area contributed by atoms with Gasteiger partial charge >= 0.3 is 5.97 Å². The maximum Gasteiger partial charge on any atom is 0.322 e. The summed E-state index contributed by atoms with van der Waals surface area (Å²) in [6.07, 6.45) is 1.24. The fourth-order valence-corrected chi connectivity index (χ4v) is 1.10. The predicted molar refractivity (Wildman–Crippen MR) is 67.6 cm³/mol. The summed E-state index contributed by atoms with van der Waals surface area (Å²) in [7, 11) is -2.33. The van der Waals surface area contributed by atoms with Crippen molar-refractivity contribution in [3.8, 4) is 0 Å². The summed E-state index contributed by atoms with van der Waals surface area (Å²) in [6.45, 7) is 0. The molecule has 1 aromatic rings. The highest BCUT2D eigenvalue weighted by molar-refractivity contribution is 7.85. The van der Waals surface area contributed by atoms with E-state index < -0.39 is 16.2 Å². The molecule has 1 atom stereocenters. The van der Waals surface area contributed by atoms with Crippen LogP contribution in [0.15, 0.2) is 30.3 Å². The van der Waals surface area contributed by atoms with Crippen molar-refractivity contribution in [3.63, 3.8) is 0 Å². The molecule has 0 heterocycles. The Kier molecular flexibility index (Phi) is 7.18. The van der Waals surface area contributed by atoms with E-state index in [1.807, 2.05) is 30.3 Å². The number of benzene rings is 1. The smallest absolute Gasteiger partial charge is 0.322 e. The maximum absolute atomic E-state index is 11.0. The van der Waals surface area contributed by atoms with Crippen LogP contribution in [0.2, 0.25) is 0 Å². The summed E-state index contributed by atoms with van der Waals surface area (Å²) in [5.41, 5.74) is 6.63. The molecule has 0 aliphatic rings. The number of ether oxygens (including phenoxy) is 1. The zero-order valence-corrected chi connectivity index (χ0v) is 11.1. The molecule has 0 fully saturated rings. The first-order valence-corrected chi connectivity index (χ1v) is 6.88. The third-order valence-electron chi connectivity index (χ3n) is 1.80. The lowest BCUT2D eigenvalue weighted by atomic mass is 10.1. The van der Waals surface area contributed by atoms with Crippen molar-refractivity contribution in [3.05, 3.63) is 35.9 Å². The van der Waals surface area contributed by atoms with E-state index in [0.29, 0.717) is 12.7 Å². The number of carbonyl (C=O) groups is 1. The molecule has 0 saturated carbocycles. The quantitative estimate of drug-likeness (QED) is 0.604. The van der Waals surface area contributed by atoms with Gasteiger partial charge in [0.05, 0.1) is 13.4 Å². The largest absolute Gasteiger partial charge is 0.468 e. The van der Waals surface area contributed by atoms with Gasteiger partial charge in [0, 0.05) is 0 Å². The third-order valence-corrected chi connectivity index (χ3v) is 1.80. The number of rotatable bonds is 3. The van der Waals surface area contributed by atoms with Gasteiger partial charge in [-0.3, -0.25) is 9.35 Å². The van der Waals surface area contributed by atoms with Gasteiger partial charge in [0.1, 0.15) is 6.04 Å². The highest BCUT2D eigenvalue weighted by Crippen LogP contribution is 2.02. The second kappa shape index (κ2) is 7.80. The van der Waals surface area contributed by atoms with Gasteiger partial charge in [-0.05, 0) is 12.0 Å². The summed E-state index contributed by atoms with van der Waals surface area (Å²) in [4.78, 5) is 11.0. The minimum Gasteiger partial charge on any atom is -0.468 e. The Balaban J connectivity index is 0.000000494. The summed E-state index contributed by atoms with van der Waals surface area (Å²) in [5.74, 6) is -0.371. The minimum atomic E-state index is -3.67. The molecule has 1 aromatic carbocycles. The van der Waals surface area contributed by atoms with Crippen LogP contribution in [0.1, 0.15) is 5.56 Å². The lowest BCUT2D eigenvalue weighted by Crippen LogP contribution is -2.33. The summed E-state index contributed by atoms with van der Waals surface area (Å²) in [5, 5.41) is 0. The van der Waals surface area contributed by atoms with Crippen molar-refractivity contribution >= 4 is 16.1 Å². The number of hydrogen-bond acceptors (Lipinski definition) is 5. The van der Waals surface area contributed by atoms with E-state index in [-0.39, 0.29) is 5.97 Å². The zero-order chi connectivity index (χ0) is 14.2. The molecule has 3 N–H and O–H groups in total. The fourth-order valence-electron chi connectivity index (χ4n) is 1.10. The number of esters is 1. The monoisotopic (exact) mass is 275 g/mol. The van der Waals surface area contributed by atoms with Gasteiger partial charge in [0.2, 0.25) is 0 Å². The number of hydrogen-bond donors (Lipinski definition) is 2. The first-order valence-electron chi connectivity index (χ1n) is 5.04. The van der Waals surface area contributed by atoms with E-state index in [1.54, 1.807) is 0 Å². The lowest BCUT2D eigenvalue weighted by Gasteiger charge is -2.08. The molecule has 0 bridgehead atoms. The Bertz CT molecular complexity index is 450. The van der Waals surface area contributed by atoms with Crippen LogP contribution in [-0.4, -0.2) is 38.3 Å². The Labute approximate surface area is 107 Å². The SMILES string of the molecule is COC(=O)[C@@H](N)Cc1ccccc1.CS(=O)(=O)O. The summed E-state index contributed by atoms with van der Waals surface area (Å²) in [6, 6.07) is 9.06. The van der Waals surface area contributed by atoms with Crippen LogP contribution < -0.4 is 5.73 Å². The topological polar surface area (TPSA) is 107 Å². The van der Waals surface area contributed by atoms with E-state index in [4.69, 9.17) is 10.3 Å². The van der Waals surface area contributed by atoms with E-state index in [2.05, 4.69) is 4.74 Å². The van der Waals surface area contributed by atoms with Crippen LogP contribution in [0.5, 0.6) is 0 Å². The van der Waals surface area contributed by atoms with Crippen molar-refractivity contribution in [2.75, 3.05) is 13.4 Å². The predicted octanol–water partition coefficient (Wildman–Crippen LogP) is 0.233. The lowest BCUT2D eigenvalue weighted by molar-refractivity contribution is -0.142. The molecule has 0 amide bonds. The molecule has 0 aliphatic carbocycles. The van der Waals surface area contributed by atoms with Gasteiger partial charge in [0.25, 0.3) is 10.1 Å². The Morgan fingerprint density at radius 2 is 1.83 bits per heavy atom. The molecule has 0 unspecified atom stereocenters. The van der Waals surface area contributed by atoms with Crippen LogP contribution in [-0.2, 0) is 26.1 Å². The van der Waals surface area contributed by atoms with Crippen molar-refractivity contribution in [1.29, 1.82) is 0 Å². The van der Waals surface area contributed by atoms with E-state index in [1.165, 1.54) is 7.11 Å². The number of methoxy groups -OCH3 is 1. The Hall–Kier alpha value is -1.44. The normalized spacial score (nSPS) is 12.0. The molecular formula is C11H17NO5S. The second-order valence-electron chi connectivity index (χ2n) is 3.55. The van der Waals surface area contributed by atoms with Crippen LogP contribution in [0.4, 0.5) is 0 Å². The van der Waals surface area contributed by atoms with Gasteiger partial charge in [-0.1, -0.05) is 30.3 Å². The molecular weight excluding hydrogens is 258 g/mol. The van der Waals surface area contributed by atoms with Crippen LogP contribution in [0.3, 0.4) is 0 Å². The van der Waals surface area contributed by atoms with Gasteiger partial charge in [-0.25, -0.2) is 0 Å². The molecule has 0 aliphatic heterocycles. The third kappa shape index (κ3) is 9.76. The van der Waals surface area contributed by atoms with Crippen LogP contribution in [0, 0.1) is 0 Å². The van der Waals surface area contributed by atoms with Crippen molar-refractivity contribution in [2.24, 2.45) is 5.73 Å². The molecule has 1 rings (SSSR count). The molecule has 0 aromatic heterocycles. The fraction of sp³-hybridized carbons (Fsp3) is 0.364. The molecule has 0 saturated heterocycles. The van der Waals surface area contributed by atoms with Gasteiger partial charge in [0.15, 0.2) is 0 Å². The second-order valence-corrected chi connectivity index (χ2v) is 5.02. The van der Waals surface area contributed by atoms with Crippen molar-refractivity contribution in [1.82, 2.24) is 0 Å². The summed E-state index contributed by atoms with van der Waals surface area (Å²) >= 11 is 0. The minimum absolute atomic E-state index is 0.371. The highest BCUT2D eigenvalue weighted by atomic mass is 32.2. The maximum atomic E-state index is 11.0. The number of nitrogens with two attached hydrogens (primary N) is 1. The van der Waals surface area contributed by atoms with E-state index in [9.17, 15) is 13.2 Å². The van der Waals surface area contributed by atoms with E-state index in [0.717, 1.165) is 5.56 Å². The zero-order valence-electron chi connectivity index (χ0n) is 10.2. The van der Waals surface area contributed by atoms with Crippen LogP contribution >= 0.6 is 0 Å². The average molecular weight is 275 g/mol.